The highest BCUT2D eigenvalue weighted by molar-refractivity contribution is 5.48. The molecule has 0 unspecified atom stereocenters. The van der Waals surface area contributed by atoms with Crippen LogP contribution in [0.15, 0.2) is 64.2 Å². The summed E-state index contributed by atoms with van der Waals surface area (Å²) in [5.41, 5.74) is 3.24. The lowest BCUT2D eigenvalue weighted by Gasteiger charge is -2.22. The third kappa shape index (κ3) is 3.77. The highest BCUT2D eigenvalue weighted by Gasteiger charge is 2.16. The minimum Gasteiger partial charge on any atom is -0.356 e. The zero-order valence-electron chi connectivity index (χ0n) is 15.3. The molecule has 26 heavy (non-hydrogen) atoms. The van der Waals surface area contributed by atoms with Crippen LogP contribution in [0.25, 0.3) is 0 Å². The number of anilines is 1. The van der Waals surface area contributed by atoms with E-state index in [-0.39, 0.29) is 5.56 Å². The van der Waals surface area contributed by atoms with Gasteiger partial charge in [-0.25, -0.2) is 4.79 Å². The average molecular weight is 349 g/mol. The molecule has 0 spiro atoms. The van der Waals surface area contributed by atoms with Gasteiger partial charge < -0.3 is 4.90 Å². The molecule has 0 aliphatic heterocycles. The second kappa shape index (κ2) is 7.44. The van der Waals surface area contributed by atoms with Gasteiger partial charge in [0.1, 0.15) is 5.82 Å². The Bertz CT molecular complexity index is 1000. The van der Waals surface area contributed by atoms with E-state index < -0.39 is 5.69 Å². The minimum absolute atomic E-state index is 0.260. The normalized spacial score (nSPS) is 10.7. The number of rotatable bonds is 5. The summed E-state index contributed by atoms with van der Waals surface area (Å²) >= 11 is 0. The van der Waals surface area contributed by atoms with E-state index in [1.165, 1.54) is 12.6 Å². The Kier molecular flexibility index (Phi) is 5.07. The van der Waals surface area contributed by atoms with Gasteiger partial charge in [-0.3, -0.25) is 14.3 Å². The minimum atomic E-state index is -0.405. The lowest BCUT2D eigenvalue weighted by Crippen LogP contribution is -2.38. The Morgan fingerprint density at radius 3 is 2.27 bits per heavy atom. The van der Waals surface area contributed by atoms with Gasteiger partial charge in [-0.2, -0.15) is 0 Å². The second-order valence-corrected chi connectivity index (χ2v) is 6.63. The Morgan fingerprint density at radius 1 is 0.962 bits per heavy atom. The van der Waals surface area contributed by atoms with Gasteiger partial charge in [0.25, 0.3) is 5.56 Å². The molecular formula is C21H23N3O2. The SMILES string of the molecule is Cc1ccc(Cc2c(N(C)Cc3ccccc3)[nH]c(=O)n(C)c2=O)cc1. The highest BCUT2D eigenvalue weighted by atomic mass is 16.2. The van der Waals surface area contributed by atoms with E-state index in [0.717, 1.165) is 15.7 Å². The van der Waals surface area contributed by atoms with Gasteiger partial charge in [-0.05, 0) is 18.1 Å². The van der Waals surface area contributed by atoms with Gasteiger partial charge in [-0.1, -0.05) is 60.2 Å². The predicted molar refractivity (Wildman–Crippen MR) is 105 cm³/mol. The molecule has 1 heterocycles. The maximum Gasteiger partial charge on any atom is 0.329 e. The summed E-state index contributed by atoms with van der Waals surface area (Å²) in [6.45, 7) is 2.63. The van der Waals surface area contributed by atoms with Crippen molar-refractivity contribution in [2.24, 2.45) is 7.05 Å². The first-order valence-corrected chi connectivity index (χ1v) is 8.58. The Hall–Kier alpha value is -3.08. The average Bonchev–Trinajstić information content (AvgIpc) is 2.64. The third-order valence-corrected chi connectivity index (χ3v) is 4.52. The van der Waals surface area contributed by atoms with Crippen LogP contribution in [-0.4, -0.2) is 16.6 Å². The first kappa shape index (κ1) is 17.7. The number of nitrogens with one attached hydrogen (secondary N) is 1. The van der Waals surface area contributed by atoms with Crippen molar-refractivity contribution in [3.63, 3.8) is 0 Å². The maximum atomic E-state index is 12.8. The summed E-state index contributed by atoms with van der Waals surface area (Å²) in [5, 5.41) is 0. The van der Waals surface area contributed by atoms with Crippen LogP contribution in [0.1, 0.15) is 22.3 Å². The van der Waals surface area contributed by atoms with Crippen molar-refractivity contribution >= 4 is 5.82 Å². The van der Waals surface area contributed by atoms with Crippen LogP contribution in [0.4, 0.5) is 5.82 Å². The first-order valence-electron chi connectivity index (χ1n) is 8.58. The molecule has 3 rings (SSSR count). The van der Waals surface area contributed by atoms with E-state index in [1.807, 2.05) is 73.5 Å². The highest BCUT2D eigenvalue weighted by Crippen LogP contribution is 2.18. The monoisotopic (exact) mass is 349 g/mol. The molecule has 1 aromatic heterocycles. The van der Waals surface area contributed by atoms with Crippen LogP contribution in [-0.2, 0) is 20.0 Å². The summed E-state index contributed by atoms with van der Waals surface area (Å²) in [4.78, 5) is 29.7. The molecule has 0 aliphatic rings. The van der Waals surface area contributed by atoms with E-state index in [2.05, 4.69) is 4.98 Å². The molecule has 1 N–H and O–H groups in total. The van der Waals surface area contributed by atoms with E-state index >= 15 is 0 Å². The van der Waals surface area contributed by atoms with Crippen molar-refractivity contribution < 1.29 is 0 Å². The molecule has 0 amide bonds. The van der Waals surface area contributed by atoms with Crippen LogP contribution in [0.5, 0.6) is 0 Å². The predicted octanol–water partition coefficient (Wildman–Crippen LogP) is 2.61. The summed E-state index contributed by atoms with van der Waals surface area (Å²) in [6, 6.07) is 18.0. The van der Waals surface area contributed by atoms with Gasteiger partial charge in [-0.15, -0.1) is 0 Å². The maximum absolute atomic E-state index is 12.8. The second-order valence-electron chi connectivity index (χ2n) is 6.63. The third-order valence-electron chi connectivity index (χ3n) is 4.52. The van der Waals surface area contributed by atoms with Crippen molar-refractivity contribution in [1.82, 2.24) is 9.55 Å². The molecule has 0 atom stereocenters. The summed E-state index contributed by atoms with van der Waals surface area (Å²) in [6.07, 6.45) is 0.470. The quantitative estimate of drug-likeness (QED) is 0.770. The fourth-order valence-electron chi connectivity index (χ4n) is 2.99. The molecular weight excluding hydrogens is 326 g/mol. The fraction of sp³-hybridized carbons (Fsp3) is 0.238. The van der Waals surface area contributed by atoms with Crippen LogP contribution in [0, 0.1) is 6.92 Å². The number of hydrogen-bond donors (Lipinski definition) is 1. The topological polar surface area (TPSA) is 58.1 Å². The van der Waals surface area contributed by atoms with Crippen LogP contribution < -0.4 is 16.1 Å². The van der Waals surface area contributed by atoms with Crippen molar-refractivity contribution in [1.29, 1.82) is 0 Å². The molecule has 5 nitrogen and oxygen atoms in total. The Balaban J connectivity index is 2.01. The molecule has 5 heteroatoms. The van der Waals surface area contributed by atoms with Crippen molar-refractivity contribution in [3.05, 3.63) is 97.7 Å². The molecule has 0 saturated carbocycles. The number of aromatic amines is 1. The largest absolute Gasteiger partial charge is 0.356 e. The van der Waals surface area contributed by atoms with Gasteiger partial charge in [0.2, 0.25) is 0 Å². The first-order chi connectivity index (χ1) is 12.5. The van der Waals surface area contributed by atoms with E-state index in [4.69, 9.17) is 0 Å². The number of benzene rings is 2. The van der Waals surface area contributed by atoms with E-state index in [0.29, 0.717) is 24.3 Å². The van der Waals surface area contributed by atoms with Crippen LogP contribution >= 0.6 is 0 Å². The fourth-order valence-corrected chi connectivity index (χ4v) is 2.99. The van der Waals surface area contributed by atoms with Gasteiger partial charge in [0.15, 0.2) is 0 Å². The van der Waals surface area contributed by atoms with Gasteiger partial charge in [0, 0.05) is 27.1 Å². The number of H-pyrrole nitrogens is 1. The number of nitrogens with zero attached hydrogens (tertiary/aromatic N) is 2. The zero-order valence-corrected chi connectivity index (χ0v) is 15.3. The lowest BCUT2D eigenvalue weighted by atomic mass is 10.0. The molecule has 134 valence electrons. The van der Waals surface area contributed by atoms with Crippen LogP contribution in [0.3, 0.4) is 0 Å². The lowest BCUT2D eigenvalue weighted by molar-refractivity contribution is 0.742. The summed E-state index contributed by atoms with van der Waals surface area (Å²) in [7, 11) is 3.39. The molecule has 2 aromatic carbocycles. The molecule has 3 aromatic rings. The van der Waals surface area contributed by atoms with Gasteiger partial charge in [0.05, 0.1) is 5.56 Å². The van der Waals surface area contributed by atoms with Gasteiger partial charge >= 0.3 is 5.69 Å². The molecule has 0 aliphatic carbocycles. The zero-order chi connectivity index (χ0) is 18.7. The van der Waals surface area contributed by atoms with Crippen molar-refractivity contribution in [2.45, 2.75) is 19.9 Å². The van der Waals surface area contributed by atoms with Crippen LogP contribution in [0.2, 0.25) is 0 Å². The Morgan fingerprint density at radius 2 is 1.62 bits per heavy atom. The summed E-state index contributed by atoms with van der Waals surface area (Å²) < 4.78 is 1.13. The standard InChI is InChI=1S/C21H23N3O2/c1-15-9-11-16(12-10-15)13-18-19(22-21(26)24(3)20(18)25)23(2)14-17-7-5-4-6-8-17/h4-12H,13-14H2,1-3H3,(H,22,26). The Labute approximate surface area is 152 Å². The number of hydrogen-bond acceptors (Lipinski definition) is 3. The smallest absolute Gasteiger partial charge is 0.329 e. The number of aryl methyl sites for hydroxylation is 1. The van der Waals surface area contributed by atoms with Crippen molar-refractivity contribution in [2.75, 3.05) is 11.9 Å². The van der Waals surface area contributed by atoms with E-state index in [9.17, 15) is 9.59 Å². The summed E-state index contributed by atoms with van der Waals surface area (Å²) in [5.74, 6) is 0.572. The van der Waals surface area contributed by atoms with E-state index in [1.54, 1.807) is 0 Å². The molecule has 0 radical (unpaired) electrons. The molecule has 0 saturated heterocycles. The molecule has 0 fully saturated rings. The van der Waals surface area contributed by atoms with Crippen molar-refractivity contribution in [3.8, 4) is 0 Å². The molecule has 0 bridgehead atoms. The number of aromatic nitrogens is 2.